The van der Waals surface area contributed by atoms with Gasteiger partial charge in [0, 0.05) is 1.37 Å². The van der Waals surface area contributed by atoms with Gasteiger partial charge in [0.1, 0.15) is 0 Å². The standard InChI is InChI=1S/C7H14/c1-6-4-7(2,3)5-6/h6H,4-5H2,1-3H3/i2T. The van der Waals surface area contributed by atoms with E-state index in [1.165, 1.54) is 12.8 Å². The van der Waals surface area contributed by atoms with Crippen LogP contribution in [0.1, 0.15) is 35.0 Å². The molecular formula is C7H14. The molecule has 1 aliphatic rings. The molecule has 0 aromatic heterocycles. The Bertz CT molecular complexity index is 82.4. The van der Waals surface area contributed by atoms with E-state index in [2.05, 4.69) is 13.8 Å². The van der Waals surface area contributed by atoms with Crippen LogP contribution in [-0.2, 0) is 0 Å². The summed E-state index contributed by atoms with van der Waals surface area (Å²) in [7, 11) is 0. The van der Waals surface area contributed by atoms with Crippen molar-refractivity contribution in [3.63, 3.8) is 0 Å². The van der Waals surface area contributed by atoms with E-state index in [0.29, 0.717) is 12.3 Å². The first kappa shape index (κ1) is 3.94. The summed E-state index contributed by atoms with van der Waals surface area (Å²) in [5, 5.41) is 0. The van der Waals surface area contributed by atoms with Crippen molar-refractivity contribution >= 4 is 0 Å². The Morgan fingerprint density at radius 2 is 2.29 bits per heavy atom. The molecular weight excluding hydrogens is 84.1 g/mol. The molecule has 0 nitrogen and oxygen atoms in total. The highest BCUT2D eigenvalue weighted by atomic mass is 14.4. The summed E-state index contributed by atoms with van der Waals surface area (Å²) < 4.78 is 7.15. The van der Waals surface area contributed by atoms with Crippen LogP contribution in [0, 0.1) is 11.3 Å². The lowest BCUT2D eigenvalue weighted by molar-refractivity contribution is 0.111. The van der Waals surface area contributed by atoms with Crippen LogP contribution in [-0.4, -0.2) is 0 Å². The van der Waals surface area contributed by atoms with Crippen molar-refractivity contribution in [3.8, 4) is 0 Å². The van der Waals surface area contributed by atoms with E-state index >= 15 is 0 Å². The molecule has 0 aliphatic heterocycles. The minimum atomic E-state index is 0.402. The molecule has 42 valence electrons. The quantitative estimate of drug-likeness (QED) is 0.438. The van der Waals surface area contributed by atoms with Crippen molar-refractivity contribution in [1.29, 1.82) is 0 Å². The SMILES string of the molecule is [3H]CC1(C)CC(C)C1. The van der Waals surface area contributed by atoms with E-state index in [-0.39, 0.29) is 0 Å². The Labute approximate surface area is 47.3 Å². The van der Waals surface area contributed by atoms with Crippen LogP contribution in [0.5, 0.6) is 0 Å². The van der Waals surface area contributed by atoms with Gasteiger partial charge >= 0.3 is 0 Å². The molecule has 1 rings (SSSR count). The van der Waals surface area contributed by atoms with Crippen LogP contribution in [0.3, 0.4) is 0 Å². The van der Waals surface area contributed by atoms with Gasteiger partial charge in [-0.15, -0.1) is 0 Å². The second-order valence-electron chi connectivity index (χ2n) is 3.32. The van der Waals surface area contributed by atoms with E-state index in [0.717, 1.165) is 5.92 Å². The van der Waals surface area contributed by atoms with Gasteiger partial charge in [-0.05, 0) is 24.2 Å². The van der Waals surface area contributed by atoms with Crippen LogP contribution < -0.4 is 0 Å². The molecule has 0 heteroatoms. The molecule has 1 saturated carbocycles. The zero-order chi connectivity index (χ0) is 6.20. The van der Waals surface area contributed by atoms with Gasteiger partial charge < -0.3 is 0 Å². The third kappa shape index (κ3) is 0.960. The Morgan fingerprint density at radius 1 is 1.71 bits per heavy atom. The topological polar surface area (TPSA) is 0 Å². The third-order valence-electron chi connectivity index (χ3n) is 1.68. The molecule has 1 aliphatic carbocycles. The van der Waals surface area contributed by atoms with Crippen LogP contribution >= 0.6 is 0 Å². The highest BCUT2D eigenvalue weighted by molar-refractivity contribution is 4.83. The molecule has 0 heterocycles. The van der Waals surface area contributed by atoms with Gasteiger partial charge in [0.15, 0.2) is 0 Å². The highest BCUT2D eigenvalue weighted by Gasteiger charge is 2.32. The van der Waals surface area contributed by atoms with Gasteiger partial charge in [-0.2, -0.15) is 0 Å². The molecule has 1 fully saturated rings. The molecule has 0 bridgehead atoms. The predicted molar refractivity (Wildman–Crippen MR) is 32.2 cm³/mol. The molecule has 0 atom stereocenters. The van der Waals surface area contributed by atoms with Crippen molar-refractivity contribution in [2.75, 3.05) is 0 Å². The summed E-state index contributed by atoms with van der Waals surface area (Å²) in [6.45, 7) is 5.09. The number of hydrogen-bond donors (Lipinski definition) is 0. The summed E-state index contributed by atoms with van der Waals surface area (Å²) >= 11 is 0. The first-order valence-corrected chi connectivity index (χ1v) is 2.95. The molecule has 0 N–H and O–H groups in total. The van der Waals surface area contributed by atoms with Crippen molar-refractivity contribution in [1.82, 2.24) is 0 Å². The van der Waals surface area contributed by atoms with Crippen LogP contribution in [0.25, 0.3) is 0 Å². The fraction of sp³-hybridized carbons (Fsp3) is 1.00. The van der Waals surface area contributed by atoms with Gasteiger partial charge in [-0.3, -0.25) is 0 Å². The number of hydrogen-bond acceptors (Lipinski definition) is 0. The maximum Gasteiger partial charge on any atom is 0.0236 e. The first-order valence-electron chi connectivity index (χ1n) is 3.66. The van der Waals surface area contributed by atoms with Crippen molar-refractivity contribution in [3.05, 3.63) is 0 Å². The molecule has 0 radical (unpaired) electrons. The molecule has 0 aromatic carbocycles. The molecule has 0 spiro atoms. The van der Waals surface area contributed by atoms with E-state index in [9.17, 15) is 0 Å². The fourth-order valence-corrected chi connectivity index (χ4v) is 1.62. The van der Waals surface area contributed by atoms with Gasteiger partial charge in [-0.1, -0.05) is 20.7 Å². The first-order chi connectivity index (χ1) is 3.66. The molecule has 0 unspecified atom stereocenters. The maximum absolute atomic E-state index is 7.15. The smallest absolute Gasteiger partial charge is 0.0236 e. The normalized spacial score (nSPS) is 52.9. The van der Waals surface area contributed by atoms with Gasteiger partial charge in [0.25, 0.3) is 0 Å². The summed E-state index contributed by atoms with van der Waals surface area (Å²) in [5.74, 6) is 0.894. The lowest BCUT2D eigenvalue weighted by Gasteiger charge is -2.40. The Morgan fingerprint density at radius 3 is 2.43 bits per heavy atom. The minimum absolute atomic E-state index is 0.402. The van der Waals surface area contributed by atoms with Crippen molar-refractivity contribution in [2.45, 2.75) is 33.6 Å². The zero-order valence-corrected chi connectivity index (χ0v) is 5.20. The summed E-state index contributed by atoms with van der Waals surface area (Å²) in [4.78, 5) is 0. The summed E-state index contributed by atoms with van der Waals surface area (Å²) in [6, 6.07) is 0. The van der Waals surface area contributed by atoms with Gasteiger partial charge in [0.2, 0.25) is 0 Å². The average molecular weight is 100 g/mol. The largest absolute Gasteiger partial charge is 0.0625 e. The van der Waals surface area contributed by atoms with Gasteiger partial charge in [0.05, 0.1) is 0 Å². The molecule has 0 aromatic rings. The second kappa shape index (κ2) is 1.24. The lowest BCUT2D eigenvalue weighted by Crippen LogP contribution is -2.29. The van der Waals surface area contributed by atoms with Crippen molar-refractivity contribution in [2.24, 2.45) is 11.3 Å². The van der Waals surface area contributed by atoms with E-state index in [1.807, 2.05) is 0 Å². The van der Waals surface area contributed by atoms with Crippen LogP contribution in [0.4, 0.5) is 0 Å². The monoisotopic (exact) mass is 100 g/mol. The Balaban J connectivity index is 2.30. The van der Waals surface area contributed by atoms with Crippen molar-refractivity contribution < 1.29 is 1.37 Å². The number of rotatable bonds is 0. The van der Waals surface area contributed by atoms with E-state index in [4.69, 9.17) is 1.37 Å². The predicted octanol–water partition coefficient (Wildman–Crippen LogP) is 2.44. The molecule has 7 heavy (non-hydrogen) atoms. The van der Waals surface area contributed by atoms with Crippen LogP contribution in [0.15, 0.2) is 0 Å². The third-order valence-corrected chi connectivity index (χ3v) is 1.68. The fourth-order valence-electron chi connectivity index (χ4n) is 1.62. The Hall–Kier alpha value is 0. The zero-order valence-electron chi connectivity index (χ0n) is 6.20. The van der Waals surface area contributed by atoms with E-state index in [1.54, 1.807) is 0 Å². The highest BCUT2D eigenvalue weighted by Crippen LogP contribution is 2.43. The molecule has 0 saturated heterocycles. The minimum Gasteiger partial charge on any atom is -0.0625 e. The summed E-state index contributed by atoms with van der Waals surface area (Å²) in [5.41, 5.74) is 0.402. The van der Waals surface area contributed by atoms with Crippen LogP contribution in [0.2, 0.25) is 0 Å². The molecule has 0 amide bonds. The lowest BCUT2D eigenvalue weighted by atomic mass is 9.65. The second-order valence-corrected chi connectivity index (χ2v) is 3.32. The van der Waals surface area contributed by atoms with E-state index < -0.39 is 0 Å². The Kier molecular flexibility index (Phi) is 0.697. The maximum atomic E-state index is 7.15. The average Bonchev–Trinajstić information content (AvgIpc) is 1.63. The summed E-state index contributed by atoms with van der Waals surface area (Å²) in [6.07, 6.45) is 2.55. The van der Waals surface area contributed by atoms with Gasteiger partial charge in [-0.25, -0.2) is 0 Å².